The summed E-state index contributed by atoms with van der Waals surface area (Å²) in [6, 6.07) is 7.86. The van der Waals surface area contributed by atoms with E-state index in [9.17, 15) is 4.79 Å². The van der Waals surface area contributed by atoms with Crippen molar-refractivity contribution >= 4 is 20.1 Å². The number of hydrogen-bond acceptors (Lipinski definition) is 2. The predicted octanol–water partition coefficient (Wildman–Crippen LogP) is 4.27. The van der Waals surface area contributed by atoms with E-state index >= 15 is 0 Å². The maximum atomic E-state index is 11.6. The molecule has 0 spiro atoms. The van der Waals surface area contributed by atoms with Crippen LogP contribution in [0.5, 0.6) is 0 Å². The number of hydrogen-bond donors (Lipinski definition) is 0. The van der Waals surface area contributed by atoms with Gasteiger partial charge in [0.1, 0.15) is 13.7 Å². The molecule has 3 heteroatoms. The number of carbonyl (C=O) groups is 1. The second kappa shape index (κ2) is 6.78. The van der Waals surface area contributed by atoms with Crippen LogP contribution in [-0.2, 0) is 9.53 Å². The molecular formula is C18H24O2Si. The Morgan fingerprint density at radius 2 is 1.71 bits per heavy atom. The summed E-state index contributed by atoms with van der Waals surface area (Å²) in [5.41, 5.74) is 4.83. The van der Waals surface area contributed by atoms with Crippen LogP contribution in [0.15, 0.2) is 30.3 Å². The molecule has 0 radical (unpaired) electrons. The Morgan fingerprint density at radius 3 is 2.19 bits per heavy atom. The molecule has 0 saturated carbocycles. The van der Waals surface area contributed by atoms with Crippen LogP contribution in [0.3, 0.4) is 0 Å². The van der Waals surface area contributed by atoms with Gasteiger partial charge in [-0.15, -0.1) is 5.54 Å². The van der Waals surface area contributed by atoms with E-state index in [0.29, 0.717) is 0 Å². The van der Waals surface area contributed by atoms with Gasteiger partial charge in [-0.3, -0.25) is 0 Å². The first kappa shape index (κ1) is 17.3. The molecule has 1 rings (SSSR count). The van der Waals surface area contributed by atoms with Crippen LogP contribution in [0.25, 0.3) is 6.08 Å². The van der Waals surface area contributed by atoms with E-state index < -0.39 is 13.7 Å². The van der Waals surface area contributed by atoms with Gasteiger partial charge in [-0.2, -0.15) is 0 Å². The van der Waals surface area contributed by atoms with Gasteiger partial charge >= 0.3 is 5.97 Å². The van der Waals surface area contributed by atoms with E-state index in [1.165, 1.54) is 6.08 Å². The van der Waals surface area contributed by atoms with Gasteiger partial charge in [0.05, 0.1) is 0 Å². The minimum Gasteiger partial charge on any atom is -0.457 e. The Bertz CT molecular complexity index is 573. The summed E-state index contributed by atoms with van der Waals surface area (Å²) in [6.45, 7) is 12.2. The fraction of sp³-hybridized carbons (Fsp3) is 0.389. The van der Waals surface area contributed by atoms with Gasteiger partial charge in [0.25, 0.3) is 0 Å². The summed E-state index contributed by atoms with van der Waals surface area (Å²) >= 11 is 0. The summed E-state index contributed by atoms with van der Waals surface area (Å²) < 4.78 is 5.22. The van der Waals surface area contributed by atoms with Gasteiger partial charge < -0.3 is 4.74 Å². The molecule has 0 bridgehead atoms. The molecule has 0 unspecified atom stereocenters. The molecule has 0 N–H and O–H groups in total. The molecule has 21 heavy (non-hydrogen) atoms. The van der Waals surface area contributed by atoms with Crippen molar-refractivity contribution in [1.29, 1.82) is 0 Å². The van der Waals surface area contributed by atoms with Crippen molar-refractivity contribution in [2.45, 2.75) is 46.0 Å². The first-order valence-electron chi connectivity index (χ1n) is 7.09. The Kier molecular flexibility index (Phi) is 5.57. The lowest BCUT2D eigenvalue weighted by atomic mass is 10.1. The summed E-state index contributed by atoms with van der Waals surface area (Å²) in [5.74, 6) is 2.88. The van der Waals surface area contributed by atoms with E-state index in [2.05, 4.69) is 31.1 Å². The maximum Gasteiger partial charge on any atom is 0.331 e. The van der Waals surface area contributed by atoms with Crippen molar-refractivity contribution in [2.24, 2.45) is 0 Å². The van der Waals surface area contributed by atoms with Crippen molar-refractivity contribution in [1.82, 2.24) is 0 Å². The smallest absolute Gasteiger partial charge is 0.331 e. The topological polar surface area (TPSA) is 26.3 Å². The summed E-state index contributed by atoms with van der Waals surface area (Å²) in [6.07, 6.45) is 3.21. The van der Waals surface area contributed by atoms with E-state index in [-0.39, 0.29) is 5.97 Å². The fourth-order valence-corrected chi connectivity index (χ4v) is 1.96. The largest absolute Gasteiger partial charge is 0.457 e. The second-order valence-electron chi connectivity index (χ2n) is 6.99. The molecule has 0 aliphatic rings. The van der Waals surface area contributed by atoms with Crippen LogP contribution >= 0.6 is 0 Å². The average molecular weight is 300 g/mol. The molecule has 0 saturated heterocycles. The summed E-state index contributed by atoms with van der Waals surface area (Å²) in [5, 5.41) is 0. The minimum absolute atomic E-state index is 0.329. The highest BCUT2D eigenvalue weighted by molar-refractivity contribution is 6.83. The number of benzene rings is 1. The van der Waals surface area contributed by atoms with Crippen LogP contribution in [0, 0.1) is 11.5 Å². The third kappa shape index (κ3) is 8.16. The molecular weight excluding hydrogens is 276 g/mol. The van der Waals surface area contributed by atoms with E-state index in [1.54, 1.807) is 6.08 Å². The zero-order valence-electron chi connectivity index (χ0n) is 13.8. The molecule has 0 atom stereocenters. The van der Waals surface area contributed by atoms with Gasteiger partial charge in [0.15, 0.2) is 0 Å². The lowest BCUT2D eigenvalue weighted by Crippen LogP contribution is -2.22. The van der Waals surface area contributed by atoms with Crippen LogP contribution in [0.4, 0.5) is 0 Å². The van der Waals surface area contributed by atoms with Crippen LogP contribution in [0.2, 0.25) is 19.6 Å². The molecule has 0 fully saturated rings. The molecule has 0 aliphatic carbocycles. The Morgan fingerprint density at radius 1 is 1.14 bits per heavy atom. The quantitative estimate of drug-likeness (QED) is 0.353. The van der Waals surface area contributed by atoms with Gasteiger partial charge in [-0.05, 0) is 44.5 Å². The van der Waals surface area contributed by atoms with E-state index in [1.807, 2.05) is 45.0 Å². The molecule has 1 aromatic rings. The number of ether oxygens (including phenoxy) is 1. The van der Waals surface area contributed by atoms with Crippen molar-refractivity contribution < 1.29 is 9.53 Å². The van der Waals surface area contributed by atoms with Crippen LogP contribution in [-0.4, -0.2) is 19.6 Å². The standard InChI is InChI=1S/C18H24O2Si/c1-18(2,3)20-17(19)12-11-15-7-9-16(10-8-15)13-14-21(4,5)6/h7-12H,1-6H3/b12-11+. The molecule has 0 amide bonds. The van der Waals surface area contributed by atoms with Gasteiger partial charge in [-0.25, -0.2) is 4.79 Å². The molecule has 0 aromatic heterocycles. The summed E-state index contributed by atoms with van der Waals surface area (Å²) in [7, 11) is -1.34. The van der Waals surface area contributed by atoms with Crippen molar-refractivity contribution in [2.75, 3.05) is 0 Å². The molecule has 1 aromatic carbocycles. The van der Waals surface area contributed by atoms with E-state index in [0.717, 1.165) is 11.1 Å². The Labute approximate surface area is 129 Å². The summed E-state index contributed by atoms with van der Waals surface area (Å²) in [4.78, 5) is 11.6. The highest BCUT2D eigenvalue weighted by atomic mass is 28.3. The highest BCUT2D eigenvalue weighted by Crippen LogP contribution is 2.09. The van der Waals surface area contributed by atoms with Crippen molar-refractivity contribution in [3.63, 3.8) is 0 Å². The van der Waals surface area contributed by atoms with E-state index in [4.69, 9.17) is 4.74 Å². The first-order chi connectivity index (χ1) is 9.55. The SMILES string of the molecule is CC(C)(C)OC(=O)/C=C/c1ccc(C#C[Si](C)(C)C)cc1. The lowest BCUT2D eigenvalue weighted by Gasteiger charge is -2.17. The molecule has 112 valence electrons. The second-order valence-corrected chi connectivity index (χ2v) is 11.7. The normalized spacial score (nSPS) is 11.9. The minimum atomic E-state index is -1.34. The molecule has 0 heterocycles. The lowest BCUT2D eigenvalue weighted by molar-refractivity contribution is -0.148. The number of esters is 1. The van der Waals surface area contributed by atoms with Gasteiger partial charge in [0, 0.05) is 11.6 Å². The van der Waals surface area contributed by atoms with Crippen LogP contribution in [0.1, 0.15) is 31.9 Å². The zero-order valence-corrected chi connectivity index (χ0v) is 14.8. The number of carbonyl (C=O) groups excluding carboxylic acids is 1. The van der Waals surface area contributed by atoms with Gasteiger partial charge in [-0.1, -0.05) is 37.7 Å². The number of rotatable bonds is 2. The van der Waals surface area contributed by atoms with Gasteiger partial charge in [0.2, 0.25) is 0 Å². The Balaban J connectivity index is 2.71. The highest BCUT2D eigenvalue weighted by Gasteiger charge is 2.13. The third-order valence-electron chi connectivity index (χ3n) is 2.31. The first-order valence-corrected chi connectivity index (χ1v) is 10.6. The maximum absolute atomic E-state index is 11.6. The van der Waals surface area contributed by atoms with Crippen LogP contribution < -0.4 is 0 Å². The monoisotopic (exact) mass is 300 g/mol. The zero-order chi connectivity index (χ0) is 16.1. The molecule has 2 nitrogen and oxygen atoms in total. The predicted molar refractivity (Wildman–Crippen MR) is 91.5 cm³/mol. The van der Waals surface area contributed by atoms with Crippen molar-refractivity contribution in [3.8, 4) is 11.5 Å². The Hall–Kier alpha value is -1.79. The third-order valence-corrected chi connectivity index (χ3v) is 3.19. The van der Waals surface area contributed by atoms with Crippen molar-refractivity contribution in [3.05, 3.63) is 41.5 Å². The fourth-order valence-electron chi connectivity index (χ4n) is 1.44. The average Bonchev–Trinajstić information content (AvgIpc) is 2.32. The molecule has 0 aliphatic heterocycles.